The molecule has 4 rings (SSSR count). The van der Waals surface area contributed by atoms with Crippen LogP contribution in [0.4, 0.5) is 15.6 Å². The molecule has 1 saturated heterocycles. The van der Waals surface area contributed by atoms with Crippen LogP contribution in [0.15, 0.2) is 60.1 Å². The summed E-state index contributed by atoms with van der Waals surface area (Å²) in [5, 5.41) is 3.00. The first-order chi connectivity index (χ1) is 15.0. The lowest BCUT2D eigenvalue weighted by Gasteiger charge is -2.28. The molecule has 0 N–H and O–H groups in total. The second kappa shape index (κ2) is 9.68. The molecule has 2 aromatic carbocycles. The molecule has 3 aromatic rings. The normalized spacial score (nSPS) is 15.7. The summed E-state index contributed by atoms with van der Waals surface area (Å²) in [5.41, 5.74) is 1.43. The lowest BCUT2D eigenvalue weighted by molar-refractivity contribution is -0.121. The van der Waals surface area contributed by atoms with Gasteiger partial charge >= 0.3 is 6.09 Å². The van der Waals surface area contributed by atoms with Crippen molar-refractivity contribution in [1.82, 2.24) is 9.88 Å². The first-order valence-corrected chi connectivity index (χ1v) is 11.3. The number of halogens is 2. The number of hydrogen-bond acceptors (Lipinski definition) is 5. The molecule has 0 bridgehead atoms. The van der Waals surface area contributed by atoms with Crippen molar-refractivity contribution in [3.05, 3.63) is 75.7 Å². The van der Waals surface area contributed by atoms with Gasteiger partial charge in [0.05, 0.1) is 15.7 Å². The number of nitrogens with zero attached hydrogens (tertiary/aromatic N) is 3. The molecule has 0 spiro atoms. The first kappa shape index (κ1) is 21.6. The highest BCUT2D eigenvalue weighted by molar-refractivity contribution is 7.13. The molecular weight excluding hydrogens is 457 g/mol. The average molecular weight is 476 g/mol. The molecule has 0 saturated carbocycles. The van der Waals surface area contributed by atoms with Gasteiger partial charge in [0.2, 0.25) is 0 Å². The Labute approximate surface area is 194 Å². The Bertz CT molecular complexity index is 1060. The van der Waals surface area contributed by atoms with Gasteiger partial charge in [0.25, 0.3) is 5.91 Å². The summed E-state index contributed by atoms with van der Waals surface area (Å²) in [4.78, 5) is 33.6. The highest BCUT2D eigenvalue weighted by Gasteiger charge is 2.39. The smallest absolute Gasteiger partial charge is 0.410 e. The summed E-state index contributed by atoms with van der Waals surface area (Å²) < 4.78 is 5.47. The molecule has 6 nitrogen and oxygen atoms in total. The van der Waals surface area contributed by atoms with Gasteiger partial charge in [-0.25, -0.2) is 9.78 Å². The van der Waals surface area contributed by atoms with Crippen LogP contribution in [0.1, 0.15) is 18.4 Å². The van der Waals surface area contributed by atoms with Gasteiger partial charge in [-0.05, 0) is 36.6 Å². The van der Waals surface area contributed by atoms with Crippen molar-refractivity contribution >= 4 is 57.4 Å². The second-order valence-electron chi connectivity index (χ2n) is 6.98. The summed E-state index contributed by atoms with van der Waals surface area (Å²) >= 11 is 13.6. The van der Waals surface area contributed by atoms with E-state index in [1.54, 1.807) is 29.8 Å². The second-order valence-corrected chi connectivity index (χ2v) is 8.67. The van der Waals surface area contributed by atoms with Gasteiger partial charge < -0.3 is 4.74 Å². The van der Waals surface area contributed by atoms with Crippen LogP contribution >= 0.6 is 34.5 Å². The van der Waals surface area contributed by atoms with Crippen molar-refractivity contribution in [3.8, 4) is 0 Å². The van der Waals surface area contributed by atoms with E-state index >= 15 is 0 Å². The van der Waals surface area contributed by atoms with Crippen LogP contribution < -0.4 is 4.90 Å². The molecular formula is C22H19Cl2N3O3S. The van der Waals surface area contributed by atoms with Gasteiger partial charge in [0.15, 0.2) is 5.13 Å². The molecule has 31 heavy (non-hydrogen) atoms. The van der Waals surface area contributed by atoms with Gasteiger partial charge in [-0.2, -0.15) is 0 Å². The molecule has 0 aliphatic carbocycles. The molecule has 1 aromatic heterocycles. The third-order valence-electron chi connectivity index (χ3n) is 4.97. The van der Waals surface area contributed by atoms with Crippen LogP contribution in [0.2, 0.25) is 10.0 Å². The maximum atomic E-state index is 13.6. The number of rotatable bonds is 5. The van der Waals surface area contributed by atoms with Crippen molar-refractivity contribution in [2.24, 2.45) is 0 Å². The summed E-state index contributed by atoms with van der Waals surface area (Å²) in [6, 6.07) is 13.7. The summed E-state index contributed by atoms with van der Waals surface area (Å²) in [5.74, 6) is -0.262. The quantitative estimate of drug-likeness (QED) is 0.459. The molecule has 1 atom stereocenters. The van der Waals surface area contributed by atoms with Crippen LogP contribution in [0.25, 0.3) is 0 Å². The van der Waals surface area contributed by atoms with E-state index < -0.39 is 12.1 Å². The Balaban J connectivity index is 1.55. The topological polar surface area (TPSA) is 62.7 Å². The summed E-state index contributed by atoms with van der Waals surface area (Å²) in [6.45, 7) is 0.608. The van der Waals surface area contributed by atoms with Gasteiger partial charge in [0, 0.05) is 18.1 Å². The van der Waals surface area contributed by atoms with Crippen LogP contribution in [0.3, 0.4) is 0 Å². The van der Waals surface area contributed by atoms with Crippen LogP contribution in [0.5, 0.6) is 0 Å². The fraction of sp³-hybridized carbons (Fsp3) is 0.227. The maximum Gasteiger partial charge on any atom is 0.410 e. The van der Waals surface area contributed by atoms with Gasteiger partial charge in [-0.15, -0.1) is 11.3 Å². The number of amides is 2. The Kier molecular flexibility index (Phi) is 6.75. The van der Waals surface area contributed by atoms with Crippen LogP contribution in [-0.2, 0) is 16.1 Å². The van der Waals surface area contributed by atoms with Crippen LogP contribution in [0, 0.1) is 0 Å². The molecule has 1 unspecified atom stereocenters. The van der Waals surface area contributed by atoms with Crippen molar-refractivity contribution in [2.45, 2.75) is 25.5 Å². The van der Waals surface area contributed by atoms with Crippen molar-refractivity contribution in [3.63, 3.8) is 0 Å². The zero-order valence-corrected chi connectivity index (χ0v) is 18.7. The number of thiazole rings is 1. The van der Waals surface area contributed by atoms with Crippen LogP contribution in [-0.4, -0.2) is 34.5 Å². The Morgan fingerprint density at radius 3 is 2.68 bits per heavy atom. The number of carbonyl (C=O) groups is 2. The minimum atomic E-state index is -0.651. The third-order valence-corrected chi connectivity index (χ3v) is 6.47. The minimum Gasteiger partial charge on any atom is -0.445 e. The average Bonchev–Trinajstić information content (AvgIpc) is 3.48. The molecule has 2 heterocycles. The number of likely N-dealkylation sites (tertiary alicyclic amines) is 1. The SMILES string of the molecule is O=C(C1CCCN1C(=O)OCc1ccccc1)N(c1ccc(Cl)c(Cl)c1)c1nccs1. The van der Waals surface area contributed by atoms with E-state index in [4.69, 9.17) is 27.9 Å². The predicted octanol–water partition coefficient (Wildman–Crippen LogP) is 5.92. The van der Waals surface area contributed by atoms with Gasteiger partial charge in [0.1, 0.15) is 12.6 Å². The number of anilines is 2. The van der Waals surface area contributed by atoms with Gasteiger partial charge in [-0.3, -0.25) is 14.6 Å². The van der Waals surface area contributed by atoms with E-state index in [9.17, 15) is 9.59 Å². The van der Waals surface area contributed by atoms with Crippen molar-refractivity contribution in [2.75, 3.05) is 11.4 Å². The largest absolute Gasteiger partial charge is 0.445 e. The number of benzene rings is 2. The molecule has 1 fully saturated rings. The monoisotopic (exact) mass is 475 g/mol. The zero-order valence-electron chi connectivity index (χ0n) is 16.4. The van der Waals surface area contributed by atoms with E-state index in [-0.39, 0.29) is 12.5 Å². The first-order valence-electron chi connectivity index (χ1n) is 9.70. The molecule has 1 aliphatic rings. The lowest BCUT2D eigenvalue weighted by Crippen LogP contribution is -2.46. The van der Waals surface area contributed by atoms with Crippen molar-refractivity contribution in [1.29, 1.82) is 0 Å². The number of hydrogen-bond donors (Lipinski definition) is 0. The Morgan fingerprint density at radius 1 is 1.16 bits per heavy atom. The molecule has 2 amide bonds. The fourth-order valence-electron chi connectivity index (χ4n) is 3.48. The molecule has 160 valence electrons. The molecule has 9 heteroatoms. The van der Waals surface area contributed by atoms with Crippen molar-refractivity contribution < 1.29 is 14.3 Å². The predicted molar refractivity (Wildman–Crippen MR) is 122 cm³/mol. The minimum absolute atomic E-state index is 0.153. The van der Waals surface area contributed by atoms with E-state index in [1.807, 2.05) is 30.3 Å². The third kappa shape index (κ3) is 4.84. The summed E-state index contributed by atoms with van der Waals surface area (Å²) in [6.07, 6.45) is 2.37. The lowest BCUT2D eigenvalue weighted by atomic mass is 10.2. The molecule has 0 radical (unpaired) electrons. The highest BCUT2D eigenvalue weighted by Crippen LogP contribution is 2.34. The van der Waals surface area contributed by atoms with E-state index in [0.717, 1.165) is 5.56 Å². The fourth-order valence-corrected chi connectivity index (χ4v) is 4.43. The van der Waals surface area contributed by atoms with E-state index in [1.165, 1.54) is 21.1 Å². The zero-order chi connectivity index (χ0) is 21.8. The Hall–Kier alpha value is -2.61. The van der Waals surface area contributed by atoms with Gasteiger partial charge in [-0.1, -0.05) is 53.5 Å². The summed E-state index contributed by atoms with van der Waals surface area (Å²) in [7, 11) is 0. The number of ether oxygens (including phenoxy) is 1. The van der Waals surface area contributed by atoms with E-state index in [0.29, 0.717) is 40.3 Å². The van der Waals surface area contributed by atoms with E-state index in [2.05, 4.69) is 4.98 Å². The highest BCUT2D eigenvalue weighted by atomic mass is 35.5. The maximum absolute atomic E-state index is 13.6. The molecule has 1 aliphatic heterocycles. The standard InChI is InChI=1S/C22H19Cl2N3O3S/c23-17-9-8-16(13-18(17)24)27(21-25-10-12-31-21)20(28)19-7-4-11-26(19)22(29)30-14-15-5-2-1-3-6-15/h1-3,5-6,8-10,12-13,19H,4,7,11,14H2. The Morgan fingerprint density at radius 2 is 1.97 bits per heavy atom. The number of aromatic nitrogens is 1. The number of carbonyl (C=O) groups excluding carboxylic acids is 2.